The molecule has 8 nitrogen and oxygen atoms in total. The van der Waals surface area contributed by atoms with Gasteiger partial charge in [0.15, 0.2) is 5.82 Å². The Kier molecular flexibility index (Phi) is 4.62. The third-order valence-corrected chi connectivity index (χ3v) is 5.86. The van der Waals surface area contributed by atoms with Crippen LogP contribution in [-0.4, -0.2) is 52.6 Å². The highest BCUT2D eigenvalue weighted by Crippen LogP contribution is 2.35. The van der Waals surface area contributed by atoms with Crippen molar-refractivity contribution in [1.82, 2.24) is 19.3 Å². The first kappa shape index (κ1) is 17.3. The van der Waals surface area contributed by atoms with Gasteiger partial charge in [-0.25, -0.2) is 9.97 Å². The maximum Gasteiger partial charge on any atom is 0.288 e. The van der Waals surface area contributed by atoms with Gasteiger partial charge in [0.1, 0.15) is 6.61 Å². The first-order valence-electron chi connectivity index (χ1n) is 8.69. The molecule has 2 atom stereocenters. The summed E-state index contributed by atoms with van der Waals surface area (Å²) in [5.74, 6) is 1.35. The number of aromatic nitrogens is 4. The number of methoxy groups -OCH3 is 1. The molecule has 2 aromatic rings. The fourth-order valence-electron chi connectivity index (χ4n) is 3.76. The van der Waals surface area contributed by atoms with Crippen molar-refractivity contribution in [3.05, 3.63) is 27.7 Å². The van der Waals surface area contributed by atoms with Gasteiger partial charge in [0.05, 0.1) is 5.69 Å². The smallest absolute Gasteiger partial charge is 0.288 e. The van der Waals surface area contributed by atoms with Crippen LogP contribution < -0.4 is 15.4 Å². The molecule has 0 aliphatic carbocycles. The number of hydrogen-bond donors (Lipinski definition) is 1. The molecular formula is C16H21FN6O2S. The predicted octanol–water partition coefficient (Wildman–Crippen LogP) is 1.04. The van der Waals surface area contributed by atoms with Gasteiger partial charge in [0.25, 0.3) is 5.56 Å². The Hall–Kier alpha value is -2.07. The van der Waals surface area contributed by atoms with Gasteiger partial charge in [-0.1, -0.05) is 6.92 Å². The average molecular weight is 380 g/mol. The van der Waals surface area contributed by atoms with E-state index in [1.165, 1.54) is 11.5 Å². The van der Waals surface area contributed by atoms with Crippen molar-refractivity contribution in [3.63, 3.8) is 0 Å². The van der Waals surface area contributed by atoms with E-state index in [-0.39, 0.29) is 5.69 Å². The van der Waals surface area contributed by atoms with E-state index in [4.69, 9.17) is 4.74 Å². The van der Waals surface area contributed by atoms with E-state index < -0.39 is 11.4 Å². The zero-order valence-corrected chi connectivity index (χ0v) is 15.6. The number of aromatic amines is 1. The van der Waals surface area contributed by atoms with Crippen LogP contribution >= 0.6 is 11.5 Å². The van der Waals surface area contributed by atoms with Crippen molar-refractivity contribution in [2.75, 3.05) is 43.1 Å². The standard InChI is InChI=1S/C16H21FN6O2S/c1-3-11-13(17)14(24)20-15(18-11)22-4-9-6-23(7-10(9)5-22)16-19-12(8-25-2)21-26-16/h9-10H,3-8H2,1-2H3,(H,18,20,24). The summed E-state index contributed by atoms with van der Waals surface area (Å²) in [4.78, 5) is 27.5. The molecule has 10 heteroatoms. The highest BCUT2D eigenvalue weighted by molar-refractivity contribution is 7.09. The van der Waals surface area contributed by atoms with Gasteiger partial charge in [-0.15, -0.1) is 0 Å². The van der Waals surface area contributed by atoms with Crippen LogP contribution in [0.2, 0.25) is 0 Å². The van der Waals surface area contributed by atoms with Crippen molar-refractivity contribution < 1.29 is 9.13 Å². The molecule has 2 aliphatic rings. The fourth-order valence-corrected chi connectivity index (χ4v) is 4.45. The summed E-state index contributed by atoms with van der Waals surface area (Å²) in [6.07, 6.45) is 0.401. The van der Waals surface area contributed by atoms with Crippen molar-refractivity contribution in [2.45, 2.75) is 20.0 Å². The SMILES string of the molecule is CCc1nc(N2CC3CN(c4nc(COC)ns4)CC3C2)[nH]c(=O)c1F. The lowest BCUT2D eigenvalue weighted by Gasteiger charge is -2.21. The fraction of sp³-hybridized carbons (Fsp3) is 0.625. The molecule has 0 aromatic carbocycles. The normalized spacial score (nSPS) is 22.3. The van der Waals surface area contributed by atoms with Crippen LogP contribution in [0.1, 0.15) is 18.4 Å². The molecule has 2 unspecified atom stereocenters. The molecule has 0 saturated carbocycles. The van der Waals surface area contributed by atoms with Crippen LogP contribution in [0.4, 0.5) is 15.5 Å². The zero-order chi connectivity index (χ0) is 18.3. The number of ether oxygens (including phenoxy) is 1. The lowest BCUT2D eigenvalue weighted by molar-refractivity contribution is 0.179. The second-order valence-electron chi connectivity index (χ2n) is 6.76. The Labute approximate surface area is 154 Å². The van der Waals surface area contributed by atoms with Gasteiger partial charge in [0, 0.05) is 56.7 Å². The quantitative estimate of drug-likeness (QED) is 0.829. The molecule has 2 aromatic heterocycles. The average Bonchev–Trinajstić information content (AvgIpc) is 3.31. The van der Waals surface area contributed by atoms with E-state index in [1.54, 1.807) is 14.0 Å². The second kappa shape index (κ2) is 6.92. The Morgan fingerprint density at radius 3 is 2.58 bits per heavy atom. The third kappa shape index (κ3) is 3.07. The topological polar surface area (TPSA) is 87.2 Å². The number of fused-ring (bicyclic) bond motifs is 1. The van der Waals surface area contributed by atoms with Crippen LogP contribution in [0.3, 0.4) is 0 Å². The van der Waals surface area contributed by atoms with Crippen molar-refractivity contribution >= 4 is 22.6 Å². The van der Waals surface area contributed by atoms with E-state index in [1.807, 2.05) is 0 Å². The Bertz CT molecular complexity index is 842. The number of aryl methyl sites for hydroxylation is 1. The summed E-state index contributed by atoms with van der Waals surface area (Å²) >= 11 is 1.40. The minimum absolute atomic E-state index is 0.224. The van der Waals surface area contributed by atoms with Crippen LogP contribution in [0.15, 0.2) is 4.79 Å². The summed E-state index contributed by atoms with van der Waals surface area (Å²) in [7, 11) is 1.63. The van der Waals surface area contributed by atoms with Gasteiger partial charge in [-0.05, 0) is 6.42 Å². The van der Waals surface area contributed by atoms with Gasteiger partial charge in [0.2, 0.25) is 16.9 Å². The molecule has 0 radical (unpaired) electrons. The molecule has 0 bridgehead atoms. The van der Waals surface area contributed by atoms with E-state index in [0.29, 0.717) is 36.6 Å². The van der Waals surface area contributed by atoms with Crippen LogP contribution in [0.25, 0.3) is 0 Å². The number of halogens is 1. The summed E-state index contributed by atoms with van der Waals surface area (Å²) in [6.45, 7) is 5.61. The molecule has 4 heterocycles. The summed E-state index contributed by atoms with van der Waals surface area (Å²) in [5.41, 5.74) is -0.466. The second-order valence-corrected chi connectivity index (χ2v) is 7.49. The number of rotatable bonds is 5. The summed E-state index contributed by atoms with van der Waals surface area (Å²) < 4.78 is 23.1. The predicted molar refractivity (Wildman–Crippen MR) is 96.2 cm³/mol. The number of anilines is 2. The highest BCUT2D eigenvalue weighted by atomic mass is 32.1. The first-order valence-corrected chi connectivity index (χ1v) is 9.46. The molecular weight excluding hydrogens is 359 g/mol. The molecule has 140 valence electrons. The molecule has 4 rings (SSSR count). The summed E-state index contributed by atoms with van der Waals surface area (Å²) in [6, 6.07) is 0. The van der Waals surface area contributed by atoms with E-state index >= 15 is 0 Å². The lowest BCUT2D eigenvalue weighted by atomic mass is 10.0. The van der Waals surface area contributed by atoms with E-state index in [0.717, 1.165) is 31.3 Å². The third-order valence-electron chi connectivity index (χ3n) is 5.04. The maximum absolute atomic E-state index is 13.7. The minimum Gasteiger partial charge on any atom is -0.377 e. The van der Waals surface area contributed by atoms with Gasteiger partial charge < -0.3 is 14.5 Å². The zero-order valence-electron chi connectivity index (χ0n) is 14.7. The molecule has 2 fully saturated rings. The highest BCUT2D eigenvalue weighted by Gasteiger charge is 2.41. The van der Waals surface area contributed by atoms with Gasteiger partial charge in [-0.2, -0.15) is 8.76 Å². The number of nitrogens with one attached hydrogen (secondary N) is 1. The molecule has 2 saturated heterocycles. The molecule has 2 aliphatic heterocycles. The minimum atomic E-state index is -0.773. The van der Waals surface area contributed by atoms with Crippen molar-refractivity contribution in [3.8, 4) is 0 Å². The number of hydrogen-bond acceptors (Lipinski definition) is 8. The maximum atomic E-state index is 13.7. The van der Waals surface area contributed by atoms with Gasteiger partial charge in [-0.3, -0.25) is 9.78 Å². The Morgan fingerprint density at radius 2 is 1.92 bits per heavy atom. The van der Waals surface area contributed by atoms with Crippen molar-refractivity contribution in [1.29, 1.82) is 0 Å². The van der Waals surface area contributed by atoms with Crippen molar-refractivity contribution in [2.24, 2.45) is 11.8 Å². The van der Waals surface area contributed by atoms with Crippen LogP contribution in [0.5, 0.6) is 0 Å². The van der Waals surface area contributed by atoms with Crippen LogP contribution in [-0.2, 0) is 17.8 Å². The molecule has 0 amide bonds. The summed E-state index contributed by atoms with van der Waals surface area (Å²) in [5, 5.41) is 0.930. The lowest BCUT2D eigenvalue weighted by Crippen LogP contribution is -2.31. The van der Waals surface area contributed by atoms with E-state index in [9.17, 15) is 9.18 Å². The monoisotopic (exact) mass is 380 g/mol. The largest absolute Gasteiger partial charge is 0.377 e. The van der Waals surface area contributed by atoms with Gasteiger partial charge >= 0.3 is 0 Å². The Balaban J connectivity index is 1.45. The molecule has 26 heavy (non-hydrogen) atoms. The Morgan fingerprint density at radius 1 is 1.23 bits per heavy atom. The number of nitrogens with zero attached hydrogens (tertiary/aromatic N) is 5. The molecule has 1 N–H and O–H groups in total. The van der Waals surface area contributed by atoms with E-state index in [2.05, 4.69) is 29.1 Å². The van der Waals surface area contributed by atoms with Crippen LogP contribution in [0, 0.1) is 17.7 Å². The number of H-pyrrole nitrogens is 1. The molecule has 0 spiro atoms. The first-order chi connectivity index (χ1) is 12.6.